The number of aromatic nitrogens is 2. The first-order valence-corrected chi connectivity index (χ1v) is 8.18. The Labute approximate surface area is 148 Å². The maximum Gasteiger partial charge on any atom is 0.255 e. The zero-order valence-electron chi connectivity index (χ0n) is 13.2. The summed E-state index contributed by atoms with van der Waals surface area (Å²) in [4.78, 5) is 12.3. The van der Waals surface area contributed by atoms with Crippen LogP contribution >= 0.6 is 15.9 Å². The fraction of sp³-hybridized carbons (Fsp3) is 0.111. The van der Waals surface area contributed by atoms with E-state index in [0.717, 1.165) is 21.5 Å². The molecule has 2 aromatic carbocycles. The van der Waals surface area contributed by atoms with Crippen molar-refractivity contribution in [3.8, 4) is 11.4 Å². The predicted molar refractivity (Wildman–Crippen MR) is 96.8 cm³/mol. The number of aryl methyl sites for hydroxylation is 1. The molecule has 0 aliphatic carbocycles. The SMILES string of the molecule is Cc1nn(-c2ccc(C(=O)Nc3ccccc3O)cc2)c(C)c1Br. The highest BCUT2D eigenvalue weighted by Gasteiger charge is 2.12. The summed E-state index contributed by atoms with van der Waals surface area (Å²) >= 11 is 3.51. The largest absolute Gasteiger partial charge is 0.506 e. The number of nitrogens with one attached hydrogen (secondary N) is 1. The second-order valence-electron chi connectivity index (χ2n) is 5.41. The molecule has 1 amide bonds. The number of hydrogen-bond acceptors (Lipinski definition) is 3. The number of phenolic OH excluding ortho intramolecular Hbond substituents is 1. The molecule has 0 bridgehead atoms. The van der Waals surface area contributed by atoms with Gasteiger partial charge in [-0.25, -0.2) is 4.68 Å². The van der Waals surface area contributed by atoms with E-state index >= 15 is 0 Å². The third-order valence-electron chi connectivity index (χ3n) is 3.73. The molecule has 0 saturated carbocycles. The van der Waals surface area contributed by atoms with Crippen molar-refractivity contribution in [1.82, 2.24) is 9.78 Å². The molecule has 0 aliphatic heterocycles. The molecular formula is C18H16BrN3O2. The summed E-state index contributed by atoms with van der Waals surface area (Å²) in [6.45, 7) is 3.91. The summed E-state index contributed by atoms with van der Waals surface area (Å²) in [7, 11) is 0. The summed E-state index contributed by atoms with van der Waals surface area (Å²) < 4.78 is 2.80. The van der Waals surface area contributed by atoms with E-state index in [4.69, 9.17) is 0 Å². The molecule has 0 radical (unpaired) electrons. The van der Waals surface area contributed by atoms with Gasteiger partial charge in [-0.1, -0.05) is 12.1 Å². The Balaban J connectivity index is 1.83. The lowest BCUT2D eigenvalue weighted by Gasteiger charge is -2.08. The van der Waals surface area contributed by atoms with Gasteiger partial charge in [0.1, 0.15) is 5.75 Å². The number of aromatic hydroxyl groups is 1. The van der Waals surface area contributed by atoms with Crippen LogP contribution in [0, 0.1) is 13.8 Å². The van der Waals surface area contributed by atoms with Crippen molar-refractivity contribution < 1.29 is 9.90 Å². The van der Waals surface area contributed by atoms with Crippen LogP contribution < -0.4 is 5.32 Å². The van der Waals surface area contributed by atoms with Gasteiger partial charge in [0.15, 0.2) is 0 Å². The van der Waals surface area contributed by atoms with Crippen LogP contribution in [0.2, 0.25) is 0 Å². The van der Waals surface area contributed by atoms with Crippen molar-refractivity contribution in [3.05, 3.63) is 70.0 Å². The van der Waals surface area contributed by atoms with E-state index in [9.17, 15) is 9.90 Å². The van der Waals surface area contributed by atoms with Gasteiger partial charge >= 0.3 is 0 Å². The smallest absolute Gasteiger partial charge is 0.255 e. The molecular weight excluding hydrogens is 370 g/mol. The zero-order valence-corrected chi connectivity index (χ0v) is 14.8. The van der Waals surface area contributed by atoms with Gasteiger partial charge < -0.3 is 10.4 Å². The Kier molecular flexibility index (Phi) is 4.40. The number of rotatable bonds is 3. The van der Waals surface area contributed by atoms with Crippen molar-refractivity contribution in [2.45, 2.75) is 13.8 Å². The van der Waals surface area contributed by atoms with Crippen molar-refractivity contribution in [2.24, 2.45) is 0 Å². The molecule has 0 spiro atoms. The average Bonchev–Trinajstić information content (AvgIpc) is 2.84. The highest BCUT2D eigenvalue weighted by Crippen LogP contribution is 2.24. The maximum atomic E-state index is 12.3. The molecule has 0 aliphatic rings. The minimum atomic E-state index is -0.280. The summed E-state index contributed by atoms with van der Waals surface area (Å²) in [5, 5.41) is 16.9. The van der Waals surface area contributed by atoms with Gasteiger partial charge in [0.05, 0.1) is 27.2 Å². The van der Waals surface area contributed by atoms with Gasteiger partial charge in [0.25, 0.3) is 5.91 Å². The van der Waals surface area contributed by atoms with Crippen molar-refractivity contribution in [1.29, 1.82) is 0 Å². The van der Waals surface area contributed by atoms with Gasteiger partial charge in [0.2, 0.25) is 0 Å². The van der Waals surface area contributed by atoms with Gasteiger partial charge in [-0.05, 0) is 66.2 Å². The molecule has 6 heteroatoms. The van der Waals surface area contributed by atoms with E-state index in [0.29, 0.717) is 11.3 Å². The number of nitrogens with zero attached hydrogens (tertiary/aromatic N) is 2. The van der Waals surface area contributed by atoms with E-state index in [1.165, 1.54) is 6.07 Å². The molecule has 24 heavy (non-hydrogen) atoms. The summed E-state index contributed by atoms with van der Waals surface area (Å²) in [6, 6.07) is 13.8. The minimum absolute atomic E-state index is 0.0370. The van der Waals surface area contributed by atoms with Gasteiger partial charge in [0, 0.05) is 5.56 Å². The molecule has 3 aromatic rings. The molecule has 5 nitrogen and oxygen atoms in total. The highest BCUT2D eigenvalue weighted by atomic mass is 79.9. The molecule has 0 atom stereocenters. The normalized spacial score (nSPS) is 10.6. The number of carbonyl (C=O) groups is 1. The molecule has 1 aromatic heterocycles. The Morgan fingerprint density at radius 1 is 1.12 bits per heavy atom. The fourth-order valence-electron chi connectivity index (χ4n) is 2.40. The van der Waals surface area contributed by atoms with Crippen LogP contribution in [0.3, 0.4) is 0 Å². The maximum absolute atomic E-state index is 12.3. The molecule has 2 N–H and O–H groups in total. The predicted octanol–water partition coefficient (Wildman–Crippen LogP) is 4.21. The second-order valence-corrected chi connectivity index (χ2v) is 6.21. The Hall–Kier alpha value is -2.60. The lowest BCUT2D eigenvalue weighted by atomic mass is 10.2. The van der Waals surface area contributed by atoms with Crippen LogP contribution in [0.1, 0.15) is 21.7 Å². The lowest BCUT2D eigenvalue weighted by Crippen LogP contribution is -2.12. The van der Waals surface area contributed by atoms with Crippen molar-refractivity contribution in [3.63, 3.8) is 0 Å². The van der Waals surface area contributed by atoms with Crippen LogP contribution in [-0.4, -0.2) is 20.8 Å². The third kappa shape index (κ3) is 3.05. The topological polar surface area (TPSA) is 67.2 Å². The lowest BCUT2D eigenvalue weighted by molar-refractivity contribution is 0.102. The highest BCUT2D eigenvalue weighted by molar-refractivity contribution is 9.10. The van der Waals surface area contributed by atoms with Gasteiger partial charge in [-0.15, -0.1) is 0 Å². The van der Waals surface area contributed by atoms with Crippen LogP contribution in [0.4, 0.5) is 5.69 Å². The first-order valence-electron chi connectivity index (χ1n) is 7.39. The zero-order chi connectivity index (χ0) is 17.3. The molecule has 0 fully saturated rings. The number of carbonyl (C=O) groups excluding carboxylic acids is 1. The first kappa shape index (κ1) is 16.3. The second kappa shape index (κ2) is 6.49. The van der Waals surface area contributed by atoms with E-state index < -0.39 is 0 Å². The van der Waals surface area contributed by atoms with Crippen LogP contribution in [0.5, 0.6) is 5.75 Å². The molecule has 1 heterocycles. The first-order chi connectivity index (χ1) is 11.5. The van der Waals surface area contributed by atoms with Gasteiger partial charge in [-0.2, -0.15) is 5.10 Å². The number of anilines is 1. The third-order valence-corrected chi connectivity index (χ3v) is 4.88. The molecule has 0 unspecified atom stereocenters. The van der Waals surface area contributed by atoms with Gasteiger partial charge in [-0.3, -0.25) is 4.79 Å². The Morgan fingerprint density at radius 3 is 2.38 bits per heavy atom. The summed E-state index contributed by atoms with van der Waals surface area (Å²) in [5.74, 6) is -0.243. The average molecular weight is 386 g/mol. The number of phenols is 1. The van der Waals surface area contributed by atoms with E-state index in [1.54, 1.807) is 30.3 Å². The molecule has 3 rings (SSSR count). The Morgan fingerprint density at radius 2 is 1.79 bits per heavy atom. The van der Waals surface area contributed by atoms with Crippen LogP contribution in [-0.2, 0) is 0 Å². The number of para-hydroxylation sites is 2. The summed E-state index contributed by atoms with van der Waals surface area (Å²) in [6.07, 6.45) is 0. The van der Waals surface area contributed by atoms with Crippen LogP contribution in [0.15, 0.2) is 53.0 Å². The Bertz CT molecular complexity index is 901. The summed E-state index contributed by atoms with van der Waals surface area (Å²) in [5.41, 5.74) is 3.67. The van der Waals surface area contributed by atoms with E-state index in [-0.39, 0.29) is 11.7 Å². The minimum Gasteiger partial charge on any atom is -0.506 e. The standard InChI is InChI=1S/C18H16BrN3O2/c1-11-17(19)12(2)22(21-11)14-9-7-13(8-10-14)18(24)20-15-5-3-4-6-16(15)23/h3-10,23H,1-2H3,(H,20,24). The number of benzene rings is 2. The monoisotopic (exact) mass is 385 g/mol. The van der Waals surface area contributed by atoms with Crippen molar-refractivity contribution in [2.75, 3.05) is 5.32 Å². The van der Waals surface area contributed by atoms with E-state index in [1.807, 2.05) is 30.7 Å². The quantitative estimate of drug-likeness (QED) is 0.663. The van der Waals surface area contributed by atoms with Crippen molar-refractivity contribution >= 4 is 27.5 Å². The number of hydrogen-bond donors (Lipinski definition) is 2. The van der Waals surface area contributed by atoms with E-state index in [2.05, 4.69) is 26.3 Å². The van der Waals surface area contributed by atoms with Crippen LogP contribution in [0.25, 0.3) is 5.69 Å². The number of amides is 1. The fourth-order valence-corrected chi connectivity index (χ4v) is 2.65. The molecule has 0 saturated heterocycles. The molecule has 122 valence electrons. The number of halogens is 1.